The van der Waals surface area contributed by atoms with E-state index < -0.39 is 5.92 Å². The molecule has 6 heteroatoms. The van der Waals surface area contributed by atoms with Gasteiger partial charge in [-0.25, -0.2) is 13.2 Å². The van der Waals surface area contributed by atoms with E-state index in [9.17, 15) is 18.3 Å². The van der Waals surface area contributed by atoms with Crippen LogP contribution in [0.2, 0.25) is 0 Å². The fourth-order valence-corrected chi connectivity index (χ4v) is 3.94. The van der Waals surface area contributed by atoms with Crippen molar-refractivity contribution >= 4 is 10.9 Å². The zero-order valence-corrected chi connectivity index (χ0v) is 15.4. The number of hydrogen-bond acceptors (Lipinski definition) is 2. The average molecular weight is 389 g/mol. The van der Waals surface area contributed by atoms with E-state index in [-0.39, 0.29) is 25.3 Å². The third-order valence-corrected chi connectivity index (χ3v) is 5.34. The number of halogens is 3. The van der Waals surface area contributed by atoms with Crippen LogP contribution < -0.4 is 0 Å². The summed E-state index contributed by atoms with van der Waals surface area (Å²) in [7, 11) is 0. The minimum Gasteiger partial charge on any atom is -0.392 e. The summed E-state index contributed by atoms with van der Waals surface area (Å²) in [5.41, 5.74) is 4.11. The van der Waals surface area contributed by atoms with Crippen molar-refractivity contribution < 1.29 is 23.0 Å². The zero-order chi connectivity index (χ0) is 19.7. The lowest BCUT2D eigenvalue weighted by molar-refractivity contribution is -0.0126. The molecule has 28 heavy (non-hydrogen) atoms. The van der Waals surface area contributed by atoms with Gasteiger partial charge in [0.2, 0.25) is 0 Å². The lowest BCUT2D eigenvalue weighted by atomic mass is 9.92. The Morgan fingerprint density at radius 2 is 1.82 bits per heavy atom. The zero-order valence-electron chi connectivity index (χ0n) is 15.4. The van der Waals surface area contributed by atoms with Crippen molar-refractivity contribution in [2.45, 2.75) is 44.9 Å². The van der Waals surface area contributed by atoms with Crippen molar-refractivity contribution in [2.75, 3.05) is 6.61 Å². The summed E-state index contributed by atoms with van der Waals surface area (Å²) in [4.78, 5) is 0. The van der Waals surface area contributed by atoms with Gasteiger partial charge in [-0.3, -0.25) is 0 Å². The van der Waals surface area contributed by atoms with Gasteiger partial charge in [0.15, 0.2) is 0 Å². The van der Waals surface area contributed by atoms with Crippen LogP contribution >= 0.6 is 0 Å². The summed E-state index contributed by atoms with van der Waals surface area (Å²) in [6.07, 6.45) is -0.0970. The van der Waals surface area contributed by atoms with Crippen LogP contribution in [0.3, 0.4) is 0 Å². The standard InChI is InChI=1S/C22H22F3NO2/c23-17-4-1-15(2-5-17)14-28-10-9-26-20-6-3-16(13-27)11-18(20)19-12-22(24,25)8-7-21(19)26/h1-6,11,27H,7-10,12-14H2. The quantitative estimate of drug-likeness (QED) is 0.625. The Morgan fingerprint density at radius 3 is 2.57 bits per heavy atom. The Hall–Kier alpha value is -2.31. The van der Waals surface area contributed by atoms with Crippen LogP contribution in [0.25, 0.3) is 10.9 Å². The molecule has 0 fully saturated rings. The Labute approximate surface area is 161 Å². The van der Waals surface area contributed by atoms with Gasteiger partial charge in [0.1, 0.15) is 5.82 Å². The van der Waals surface area contributed by atoms with Gasteiger partial charge in [-0.05, 0) is 47.4 Å². The summed E-state index contributed by atoms with van der Waals surface area (Å²) in [6, 6.07) is 11.7. The second-order valence-electron chi connectivity index (χ2n) is 7.30. The highest BCUT2D eigenvalue weighted by Gasteiger charge is 2.37. The Kier molecular flexibility index (Phi) is 5.17. The monoisotopic (exact) mass is 389 g/mol. The smallest absolute Gasteiger partial charge is 0.252 e. The molecule has 1 heterocycles. The summed E-state index contributed by atoms with van der Waals surface area (Å²) < 4.78 is 48.8. The largest absolute Gasteiger partial charge is 0.392 e. The van der Waals surface area contributed by atoms with Crippen molar-refractivity contribution in [1.82, 2.24) is 4.57 Å². The molecular weight excluding hydrogens is 367 g/mol. The first kappa shape index (κ1) is 19.0. The van der Waals surface area contributed by atoms with Gasteiger partial charge in [0.25, 0.3) is 5.92 Å². The molecule has 0 saturated heterocycles. The lowest BCUT2D eigenvalue weighted by Gasteiger charge is -2.23. The first-order valence-electron chi connectivity index (χ1n) is 9.40. The molecular formula is C22H22F3NO2. The summed E-state index contributed by atoms with van der Waals surface area (Å²) in [6.45, 7) is 1.23. The van der Waals surface area contributed by atoms with Gasteiger partial charge in [0.05, 0.1) is 19.8 Å². The molecule has 0 unspecified atom stereocenters. The van der Waals surface area contributed by atoms with Crippen LogP contribution in [-0.4, -0.2) is 22.2 Å². The number of aliphatic hydroxyl groups excluding tert-OH is 1. The van der Waals surface area contributed by atoms with E-state index in [4.69, 9.17) is 4.74 Å². The highest BCUT2D eigenvalue weighted by Crippen LogP contribution is 2.39. The molecule has 0 atom stereocenters. The molecule has 4 rings (SSSR count). The number of benzene rings is 2. The highest BCUT2D eigenvalue weighted by molar-refractivity contribution is 5.86. The Balaban J connectivity index is 1.55. The maximum absolute atomic E-state index is 14.0. The molecule has 3 nitrogen and oxygen atoms in total. The molecule has 0 radical (unpaired) electrons. The third-order valence-electron chi connectivity index (χ3n) is 5.34. The van der Waals surface area contributed by atoms with E-state index in [1.165, 1.54) is 12.1 Å². The van der Waals surface area contributed by atoms with E-state index in [0.29, 0.717) is 37.3 Å². The molecule has 0 bridgehead atoms. The highest BCUT2D eigenvalue weighted by atomic mass is 19.3. The normalized spacial score (nSPS) is 15.7. The van der Waals surface area contributed by atoms with Crippen LogP contribution in [0.1, 0.15) is 28.8 Å². The van der Waals surface area contributed by atoms with Crippen LogP contribution in [-0.2, 0) is 37.3 Å². The van der Waals surface area contributed by atoms with E-state index in [2.05, 4.69) is 4.57 Å². The number of fused-ring (bicyclic) bond motifs is 3. The number of aromatic nitrogens is 1. The molecule has 1 aliphatic carbocycles. The van der Waals surface area contributed by atoms with Crippen molar-refractivity contribution in [1.29, 1.82) is 0 Å². The average Bonchev–Trinajstić information content (AvgIpc) is 2.98. The summed E-state index contributed by atoms with van der Waals surface area (Å²) in [5, 5.41) is 10.2. The van der Waals surface area contributed by atoms with Crippen molar-refractivity contribution in [3.05, 3.63) is 70.7 Å². The number of hydrogen-bond donors (Lipinski definition) is 1. The second-order valence-corrected chi connectivity index (χ2v) is 7.30. The van der Waals surface area contributed by atoms with Crippen LogP contribution in [0.4, 0.5) is 13.2 Å². The number of alkyl halides is 2. The molecule has 1 aliphatic rings. The van der Waals surface area contributed by atoms with E-state index in [0.717, 1.165) is 22.2 Å². The van der Waals surface area contributed by atoms with E-state index in [1.54, 1.807) is 12.1 Å². The minimum atomic E-state index is -2.69. The fraction of sp³-hybridized carbons (Fsp3) is 0.364. The molecule has 0 aliphatic heterocycles. The van der Waals surface area contributed by atoms with Gasteiger partial charge in [-0.2, -0.15) is 0 Å². The van der Waals surface area contributed by atoms with Crippen LogP contribution in [0.15, 0.2) is 42.5 Å². The summed E-state index contributed by atoms with van der Waals surface area (Å²) >= 11 is 0. The first-order valence-corrected chi connectivity index (χ1v) is 9.40. The number of nitrogens with zero attached hydrogens (tertiary/aromatic N) is 1. The van der Waals surface area contributed by atoms with E-state index in [1.807, 2.05) is 18.2 Å². The van der Waals surface area contributed by atoms with Crippen molar-refractivity contribution in [2.24, 2.45) is 0 Å². The number of aliphatic hydroxyl groups is 1. The third kappa shape index (κ3) is 3.80. The molecule has 0 amide bonds. The van der Waals surface area contributed by atoms with Gasteiger partial charge in [-0.1, -0.05) is 18.2 Å². The SMILES string of the molecule is OCc1ccc2c(c1)c1c(n2CCOCc2ccc(F)cc2)CCC(F)(F)C1. The molecule has 0 saturated carbocycles. The molecule has 3 aromatic rings. The topological polar surface area (TPSA) is 34.4 Å². The number of ether oxygens (including phenoxy) is 1. The molecule has 2 aromatic carbocycles. The lowest BCUT2D eigenvalue weighted by Crippen LogP contribution is -2.26. The van der Waals surface area contributed by atoms with Crippen LogP contribution in [0.5, 0.6) is 0 Å². The van der Waals surface area contributed by atoms with Crippen molar-refractivity contribution in [3.63, 3.8) is 0 Å². The number of rotatable bonds is 6. The maximum Gasteiger partial charge on any atom is 0.252 e. The second kappa shape index (κ2) is 7.60. The van der Waals surface area contributed by atoms with Gasteiger partial charge < -0.3 is 14.4 Å². The minimum absolute atomic E-state index is 0.118. The van der Waals surface area contributed by atoms with Crippen molar-refractivity contribution in [3.8, 4) is 0 Å². The van der Waals surface area contributed by atoms with E-state index >= 15 is 0 Å². The molecule has 148 valence electrons. The van der Waals surface area contributed by atoms with Gasteiger partial charge >= 0.3 is 0 Å². The fourth-order valence-electron chi connectivity index (χ4n) is 3.94. The van der Waals surface area contributed by atoms with Gasteiger partial charge in [0, 0.05) is 36.0 Å². The maximum atomic E-state index is 14.0. The first-order chi connectivity index (χ1) is 13.5. The molecule has 0 spiro atoms. The van der Waals surface area contributed by atoms with Gasteiger partial charge in [-0.15, -0.1) is 0 Å². The summed E-state index contributed by atoms with van der Waals surface area (Å²) in [5.74, 6) is -2.98. The molecule has 1 N–H and O–H groups in total. The molecule has 1 aromatic heterocycles. The predicted molar refractivity (Wildman–Crippen MR) is 101 cm³/mol. The predicted octanol–water partition coefficient (Wildman–Crippen LogP) is 4.61. The Morgan fingerprint density at radius 1 is 1.07 bits per heavy atom. The Bertz CT molecular complexity index is 980. The van der Waals surface area contributed by atoms with Crippen LogP contribution in [0, 0.1) is 5.82 Å².